The number of nitrogens with zero attached hydrogens (tertiary/aromatic N) is 4. The van der Waals surface area contributed by atoms with E-state index in [0.29, 0.717) is 24.8 Å². The Morgan fingerprint density at radius 3 is 2.76 bits per heavy atom. The van der Waals surface area contributed by atoms with Crippen LogP contribution in [0.5, 0.6) is 0 Å². The third kappa shape index (κ3) is 4.15. The summed E-state index contributed by atoms with van der Waals surface area (Å²) in [5.74, 6) is 1.85. The number of hydrogen-bond donors (Lipinski definition) is 2. The van der Waals surface area contributed by atoms with Gasteiger partial charge in [0, 0.05) is 24.8 Å². The molecule has 3 rings (SSSR count). The standard InChI is InChI=1S/C19H24N6/c1-3-14(2)15-7-9-16(10-8-15)22-19(20)21-12-11-18-24-23-17-6-4-5-13-25(17)18/h4-10,13-14H,3,11-12H2,1-2H3,(H3,20,21,22). The third-order valence-electron chi connectivity index (χ3n) is 4.37. The van der Waals surface area contributed by atoms with E-state index < -0.39 is 0 Å². The molecule has 0 aliphatic rings. The van der Waals surface area contributed by atoms with Crippen molar-refractivity contribution in [2.24, 2.45) is 10.7 Å². The van der Waals surface area contributed by atoms with Crippen molar-refractivity contribution in [1.82, 2.24) is 14.6 Å². The highest BCUT2D eigenvalue weighted by molar-refractivity contribution is 5.92. The first-order valence-electron chi connectivity index (χ1n) is 8.63. The van der Waals surface area contributed by atoms with E-state index in [4.69, 9.17) is 5.73 Å². The van der Waals surface area contributed by atoms with Crippen LogP contribution in [0.25, 0.3) is 5.65 Å². The van der Waals surface area contributed by atoms with Gasteiger partial charge in [-0.3, -0.25) is 9.39 Å². The number of nitrogens with one attached hydrogen (secondary N) is 1. The first kappa shape index (κ1) is 17.0. The maximum Gasteiger partial charge on any atom is 0.193 e. The van der Waals surface area contributed by atoms with Gasteiger partial charge in [0.05, 0.1) is 0 Å². The summed E-state index contributed by atoms with van der Waals surface area (Å²) in [6.45, 7) is 4.98. The zero-order chi connectivity index (χ0) is 17.6. The Hall–Kier alpha value is -2.89. The van der Waals surface area contributed by atoms with Crippen molar-refractivity contribution in [3.05, 3.63) is 60.0 Å². The molecule has 0 aliphatic heterocycles. The van der Waals surface area contributed by atoms with Gasteiger partial charge < -0.3 is 11.1 Å². The molecule has 0 amide bonds. The number of pyridine rings is 1. The van der Waals surface area contributed by atoms with Gasteiger partial charge in [-0.1, -0.05) is 32.0 Å². The van der Waals surface area contributed by atoms with Crippen molar-refractivity contribution in [2.75, 3.05) is 11.9 Å². The van der Waals surface area contributed by atoms with Crippen LogP contribution in [0.3, 0.4) is 0 Å². The minimum atomic E-state index is 0.408. The molecule has 0 saturated heterocycles. The number of fused-ring (bicyclic) bond motifs is 1. The highest BCUT2D eigenvalue weighted by atomic mass is 15.2. The summed E-state index contributed by atoms with van der Waals surface area (Å²) in [5.41, 5.74) is 9.10. The SMILES string of the molecule is CCC(C)c1ccc(NC(N)=NCCc2nnc3ccccn23)cc1. The minimum Gasteiger partial charge on any atom is -0.370 e. The van der Waals surface area contributed by atoms with Crippen LogP contribution in [0.4, 0.5) is 5.69 Å². The lowest BCUT2D eigenvalue weighted by atomic mass is 9.99. The van der Waals surface area contributed by atoms with E-state index in [2.05, 4.69) is 46.5 Å². The fourth-order valence-corrected chi connectivity index (χ4v) is 2.66. The van der Waals surface area contributed by atoms with Crippen molar-refractivity contribution in [2.45, 2.75) is 32.6 Å². The number of rotatable bonds is 6. The van der Waals surface area contributed by atoms with Crippen molar-refractivity contribution in [3.8, 4) is 0 Å². The largest absolute Gasteiger partial charge is 0.370 e. The summed E-state index contributed by atoms with van der Waals surface area (Å²) >= 11 is 0. The van der Waals surface area contributed by atoms with Crippen LogP contribution in [0, 0.1) is 0 Å². The van der Waals surface area contributed by atoms with Crippen molar-refractivity contribution in [3.63, 3.8) is 0 Å². The van der Waals surface area contributed by atoms with E-state index in [1.54, 1.807) is 0 Å². The molecule has 6 nitrogen and oxygen atoms in total. The summed E-state index contributed by atoms with van der Waals surface area (Å²) in [7, 11) is 0. The number of guanidine groups is 1. The Balaban J connectivity index is 1.57. The highest BCUT2D eigenvalue weighted by Crippen LogP contribution is 2.20. The summed E-state index contributed by atoms with van der Waals surface area (Å²) < 4.78 is 1.97. The predicted molar refractivity (Wildman–Crippen MR) is 102 cm³/mol. The summed E-state index contributed by atoms with van der Waals surface area (Å²) in [6.07, 6.45) is 3.77. The second-order valence-electron chi connectivity index (χ2n) is 6.12. The average Bonchev–Trinajstić information content (AvgIpc) is 3.05. The number of hydrogen-bond acceptors (Lipinski definition) is 3. The second-order valence-corrected chi connectivity index (χ2v) is 6.12. The zero-order valence-electron chi connectivity index (χ0n) is 14.7. The molecule has 2 heterocycles. The van der Waals surface area contributed by atoms with Crippen LogP contribution in [0.1, 0.15) is 37.6 Å². The maximum atomic E-state index is 5.98. The van der Waals surface area contributed by atoms with Gasteiger partial charge in [0.15, 0.2) is 11.6 Å². The van der Waals surface area contributed by atoms with E-state index in [9.17, 15) is 0 Å². The minimum absolute atomic E-state index is 0.408. The molecule has 3 N–H and O–H groups in total. The van der Waals surface area contributed by atoms with Gasteiger partial charge in [-0.15, -0.1) is 10.2 Å². The quantitative estimate of drug-likeness (QED) is 0.535. The molecule has 1 unspecified atom stereocenters. The second kappa shape index (κ2) is 7.79. The predicted octanol–water partition coefficient (Wildman–Crippen LogP) is 3.21. The van der Waals surface area contributed by atoms with Crippen LogP contribution in [0.15, 0.2) is 53.7 Å². The molecule has 0 fully saturated rings. The molecular weight excluding hydrogens is 312 g/mol. The lowest BCUT2D eigenvalue weighted by Crippen LogP contribution is -2.23. The molecule has 1 atom stereocenters. The zero-order valence-corrected chi connectivity index (χ0v) is 14.7. The third-order valence-corrected chi connectivity index (χ3v) is 4.37. The van der Waals surface area contributed by atoms with E-state index in [-0.39, 0.29) is 0 Å². The van der Waals surface area contributed by atoms with Gasteiger partial charge in [-0.25, -0.2) is 0 Å². The Morgan fingerprint density at radius 2 is 2.00 bits per heavy atom. The van der Waals surface area contributed by atoms with E-state index in [1.165, 1.54) is 5.56 Å². The number of aromatic nitrogens is 3. The lowest BCUT2D eigenvalue weighted by Gasteiger charge is -2.10. The normalized spacial score (nSPS) is 13.1. The lowest BCUT2D eigenvalue weighted by molar-refractivity contribution is 0.734. The monoisotopic (exact) mass is 336 g/mol. The smallest absolute Gasteiger partial charge is 0.193 e. The molecule has 25 heavy (non-hydrogen) atoms. The molecule has 2 aromatic heterocycles. The average molecular weight is 336 g/mol. The molecule has 0 radical (unpaired) electrons. The van der Waals surface area contributed by atoms with Crippen LogP contribution in [-0.4, -0.2) is 27.1 Å². The van der Waals surface area contributed by atoms with Gasteiger partial charge in [-0.2, -0.15) is 0 Å². The van der Waals surface area contributed by atoms with Gasteiger partial charge in [0.2, 0.25) is 0 Å². The van der Waals surface area contributed by atoms with Gasteiger partial charge in [0.1, 0.15) is 5.82 Å². The Labute approximate surface area is 147 Å². The fourth-order valence-electron chi connectivity index (χ4n) is 2.66. The number of anilines is 1. The molecule has 6 heteroatoms. The van der Waals surface area contributed by atoms with Crippen molar-refractivity contribution < 1.29 is 0 Å². The van der Waals surface area contributed by atoms with E-state index >= 15 is 0 Å². The van der Waals surface area contributed by atoms with Crippen LogP contribution in [0.2, 0.25) is 0 Å². The topological polar surface area (TPSA) is 80.6 Å². The maximum absolute atomic E-state index is 5.98. The Kier molecular flexibility index (Phi) is 5.28. The van der Waals surface area contributed by atoms with Gasteiger partial charge in [-0.05, 0) is 42.2 Å². The molecule has 0 saturated carbocycles. The number of nitrogens with two attached hydrogens (primary N) is 1. The molecule has 0 aliphatic carbocycles. The van der Waals surface area contributed by atoms with Crippen LogP contribution >= 0.6 is 0 Å². The number of benzene rings is 1. The Bertz CT molecular complexity index is 850. The summed E-state index contributed by atoms with van der Waals surface area (Å²) in [6, 6.07) is 14.2. The fraction of sp³-hybridized carbons (Fsp3) is 0.316. The van der Waals surface area contributed by atoms with Gasteiger partial charge >= 0.3 is 0 Å². The van der Waals surface area contributed by atoms with Crippen LogP contribution in [-0.2, 0) is 6.42 Å². The van der Waals surface area contributed by atoms with Gasteiger partial charge in [0.25, 0.3) is 0 Å². The first-order valence-corrected chi connectivity index (χ1v) is 8.63. The van der Waals surface area contributed by atoms with Crippen LogP contribution < -0.4 is 11.1 Å². The molecule has 130 valence electrons. The van der Waals surface area contributed by atoms with E-state index in [0.717, 1.165) is 23.6 Å². The van der Waals surface area contributed by atoms with Crippen molar-refractivity contribution >= 4 is 17.3 Å². The molecule has 1 aromatic carbocycles. The number of aliphatic imine (C=N–C) groups is 1. The molecular formula is C19H24N6. The first-order chi connectivity index (χ1) is 12.2. The van der Waals surface area contributed by atoms with Crippen molar-refractivity contribution in [1.29, 1.82) is 0 Å². The molecule has 3 aromatic rings. The highest BCUT2D eigenvalue weighted by Gasteiger charge is 2.05. The summed E-state index contributed by atoms with van der Waals surface area (Å²) in [4.78, 5) is 4.38. The molecule has 0 spiro atoms. The molecule has 0 bridgehead atoms. The Morgan fingerprint density at radius 1 is 1.20 bits per heavy atom. The van der Waals surface area contributed by atoms with E-state index in [1.807, 2.05) is 40.9 Å². The summed E-state index contributed by atoms with van der Waals surface area (Å²) in [5, 5.41) is 11.5.